The second kappa shape index (κ2) is 10.4. The maximum absolute atomic E-state index is 11.4. The van der Waals surface area contributed by atoms with Crippen LogP contribution in [0.5, 0.6) is 17.5 Å². The molecule has 0 radical (unpaired) electrons. The maximum atomic E-state index is 11.4. The predicted molar refractivity (Wildman–Crippen MR) is 131 cm³/mol. The Bertz CT molecular complexity index is 1040. The normalized spacial score (nSPS) is 18.2. The molecule has 1 aliphatic carbocycles. The quantitative estimate of drug-likeness (QED) is 0.451. The number of carbonyl (C=O) groups excluding carboxylic acids is 1. The molecule has 8 heteroatoms. The summed E-state index contributed by atoms with van der Waals surface area (Å²) >= 11 is 0. The molecule has 1 fully saturated rings. The highest BCUT2D eigenvalue weighted by atomic mass is 16.5. The zero-order valence-corrected chi connectivity index (χ0v) is 20.2. The van der Waals surface area contributed by atoms with Gasteiger partial charge in [-0.1, -0.05) is 18.2 Å². The predicted octanol–water partition coefficient (Wildman–Crippen LogP) is 3.62. The molecule has 0 bridgehead atoms. The summed E-state index contributed by atoms with van der Waals surface area (Å²) in [5.41, 5.74) is 2.26. The van der Waals surface area contributed by atoms with Gasteiger partial charge in [-0.3, -0.25) is 14.3 Å². The molecule has 1 saturated heterocycles. The third kappa shape index (κ3) is 5.17. The number of esters is 1. The van der Waals surface area contributed by atoms with Gasteiger partial charge in [-0.25, -0.2) is 0 Å². The Kier molecular flexibility index (Phi) is 7.36. The van der Waals surface area contributed by atoms with Crippen molar-refractivity contribution in [2.75, 3.05) is 37.6 Å². The molecule has 34 heavy (non-hydrogen) atoms. The largest absolute Gasteiger partial charge is 0.494 e. The van der Waals surface area contributed by atoms with E-state index in [1.165, 1.54) is 11.5 Å². The van der Waals surface area contributed by atoms with Crippen molar-refractivity contribution < 1.29 is 24.5 Å². The Balaban J connectivity index is 1.32. The average molecular weight is 470 g/mol. The molecule has 2 N–H and O–H groups in total. The van der Waals surface area contributed by atoms with Crippen LogP contribution in [0.3, 0.4) is 0 Å². The lowest BCUT2D eigenvalue weighted by molar-refractivity contribution is -0.144. The van der Waals surface area contributed by atoms with Crippen LogP contribution in [0.25, 0.3) is 0 Å². The van der Waals surface area contributed by atoms with Crippen LogP contribution in [-0.2, 0) is 22.5 Å². The molecule has 2 aliphatic rings. The number of rotatable bonds is 8. The monoisotopic (exact) mass is 469 g/mol. The van der Waals surface area contributed by atoms with Gasteiger partial charge in [-0.05, 0) is 51.4 Å². The molecule has 0 saturated carbocycles. The van der Waals surface area contributed by atoms with Crippen molar-refractivity contribution in [1.29, 1.82) is 0 Å². The van der Waals surface area contributed by atoms with Crippen molar-refractivity contribution in [3.05, 3.63) is 47.5 Å². The number of aromatic nitrogens is 1. The number of hydrogen-bond donors (Lipinski definition) is 2. The Labute approximate surface area is 201 Å². The molecule has 1 atom stereocenters. The fraction of sp³-hybridized carbons (Fsp3) is 0.500. The summed E-state index contributed by atoms with van der Waals surface area (Å²) in [4.78, 5) is 16.2. The summed E-state index contributed by atoms with van der Waals surface area (Å²) in [5.74, 6) is 0.539. The van der Waals surface area contributed by atoms with E-state index in [0.717, 1.165) is 50.6 Å². The third-order valence-electron chi connectivity index (χ3n) is 6.35. The van der Waals surface area contributed by atoms with Crippen molar-refractivity contribution in [1.82, 2.24) is 9.47 Å². The number of nitrogens with zero attached hydrogens (tertiary/aromatic N) is 3. The maximum Gasteiger partial charge on any atom is 0.303 e. The summed E-state index contributed by atoms with van der Waals surface area (Å²) in [6.45, 7) is 10.5. The van der Waals surface area contributed by atoms with E-state index in [9.17, 15) is 15.0 Å². The molecule has 1 aliphatic heterocycles. The summed E-state index contributed by atoms with van der Waals surface area (Å²) < 4.78 is 12.8. The second-order valence-electron chi connectivity index (χ2n) is 9.17. The summed E-state index contributed by atoms with van der Waals surface area (Å²) in [5, 5.41) is 21.5. The van der Waals surface area contributed by atoms with Gasteiger partial charge in [0.1, 0.15) is 5.75 Å². The Morgan fingerprint density at radius 3 is 2.53 bits per heavy atom. The number of fused-ring (bicyclic) bond motifs is 1. The van der Waals surface area contributed by atoms with Gasteiger partial charge in [0.15, 0.2) is 12.0 Å². The van der Waals surface area contributed by atoms with E-state index in [2.05, 4.69) is 15.9 Å². The number of hydrogen-bond acceptors (Lipinski definition) is 7. The minimum atomic E-state index is -0.663. The van der Waals surface area contributed by atoms with E-state index < -0.39 is 12.1 Å². The number of carbonyl (C=O) groups is 1. The van der Waals surface area contributed by atoms with Gasteiger partial charge in [0.2, 0.25) is 5.88 Å². The first-order valence-corrected chi connectivity index (χ1v) is 12.0. The molecule has 2 heterocycles. The molecule has 0 amide bonds. The van der Waals surface area contributed by atoms with Crippen LogP contribution in [0.4, 0.5) is 5.69 Å². The molecule has 1 aromatic carbocycles. The Morgan fingerprint density at radius 2 is 1.82 bits per heavy atom. The van der Waals surface area contributed by atoms with Gasteiger partial charge in [0, 0.05) is 45.2 Å². The minimum Gasteiger partial charge on any atom is -0.494 e. The molecular formula is C26H35N3O5. The number of para-hydroxylation sites is 2. The Morgan fingerprint density at radius 1 is 1.09 bits per heavy atom. The smallest absolute Gasteiger partial charge is 0.303 e. The summed E-state index contributed by atoms with van der Waals surface area (Å²) in [7, 11) is 0. The van der Waals surface area contributed by atoms with Crippen LogP contribution < -0.4 is 9.64 Å². The van der Waals surface area contributed by atoms with Gasteiger partial charge in [0.05, 0.1) is 17.4 Å². The van der Waals surface area contributed by atoms with Gasteiger partial charge < -0.3 is 24.6 Å². The lowest BCUT2D eigenvalue weighted by atomic mass is 9.98. The van der Waals surface area contributed by atoms with Crippen molar-refractivity contribution in [3.8, 4) is 17.5 Å². The van der Waals surface area contributed by atoms with Crippen LogP contribution in [0, 0.1) is 0 Å². The van der Waals surface area contributed by atoms with Crippen LogP contribution in [0.1, 0.15) is 44.4 Å². The number of piperazine rings is 1. The lowest BCUT2D eigenvalue weighted by Crippen LogP contribution is -2.46. The molecule has 1 aromatic heterocycles. The molecule has 4 rings (SSSR count). The lowest BCUT2D eigenvalue weighted by Gasteiger charge is -2.37. The molecule has 1 unspecified atom stereocenters. The minimum absolute atomic E-state index is 0.0188. The fourth-order valence-electron chi connectivity index (χ4n) is 4.80. The van der Waals surface area contributed by atoms with E-state index in [0.29, 0.717) is 24.1 Å². The Hall–Kier alpha value is -3.13. The van der Waals surface area contributed by atoms with E-state index in [4.69, 9.17) is 9.47 Å². The number of aromatic hydroxyl groups is 2. The highest BCUT2D eigenvalue weighted by Crippen LogP contribution is 2.42. The number of anilines is 1. The van der Waals surface area contributed by atoms with Crippen molar-refractivity contribution >= 4 is 11.7 Å². The van der Waals surface area contributed by atoms with Gasteiger partial charge in [-0.15, -0.1) is 0 Å². The highest BCUT2D eigenvalue weighted by molar-refractivity contribution is 5.67. The van der Waals surface area contributed by atoms with Crippen molar-refractivity contribution in [3.63, 3.8) is 0 Å². The van der Waals surface area contributed by atoms with Crippen molar-refractivity contribution in [2.24, 2.45) is 0 Å². The third-order valence-corrected chi connectivity index (χ3v) is 6.35. The number of benzene rings is 1. The average Bonchev–Trinajstić information content (AvgIpc) is 3.05. The molecule has 2 aromatic rings. The van der Waals surface area contributed by atoms with E-state index in [1.54, 1.807) is 6.08 Å². The van der Waals surface area contributed by atoms with Crippen LogP contribution in [0.2, 0.25) is 0 Å². The highest BCUT2D eigenvalue weighted by Gasteiger charge is 2.30. The number of ether oxygens (including phenoxy) is 2. The van der Waals surface area contributed by atoms with Gasteiger partial charge in [-0.2, -0.15) is 0 Å². The number of allylic oxidation sites excluding steroid dienone is 1. The summed E-state index contributed by atoms with van der Waals surface area (Å²) in [6.07, 6.45) is 4.36. The molecule has 8 nitrogen and oxygen atoms in total. The van der Waals surface area contributed by atoms with Crippen molar-refractivity contribution in [2.45, 2.75) is 52.4 Å². The van der Waals surface area contributed by atoms with Crippen LogP contribution in [-0.4, -0.2) is 64.5 Å². The van der Waals surface area contributed by atoms with Gasteiger partial charge >= 0.3 is 5.97 Å². The van der Waals surface area contributed by atoms with E-state index >= 15 is 0 Å². The second-order valence-corrected chi connectivity index (χ2v) is 9.17. The summed E-state index contributed by atoms with van der Waals surface area (Å²) in [6, 6.07) is 8.20. The topological polar surface area (TPSA) is 87.4 Å². The zero-order valence-electron chi connectivity index (χ0n) is 20.2. The van der Waals surface area contributed by atoms with Gasteiger partial charge in [0.25, 0.3) is 0 Å². The zero-order chi connectivity index (χ0) is 24.2. The van der Waals surface area contributed by atoms with E-state index in [1.807, 2.05) is 38.1 Å². The molecular weight excluding hydrogens is 434 g/mol. The van der Waals surface area contributed by atoms with E-state index in [-0.39, 0.29) is 17.9 Å². The fourth-order valence-corrected chi connectivity index (χ4v) is 4.80. The molecule has 0 spiro atoms. The molecule has 184 valence electrons. The van der Waals surface area contributed by atoms with Crippen LogP contribution in [0.15, 0.2) is 36.4 Å². The first kappa shape index (κ1) is 24.0. The first-order chi connectivity index (χ1) is 16.3. The standard InChI is InChI=1S/C26H35N3O5/c1-18(2)33-22-10-5-4-9-21(22)28-16-14-27(15-17-28)12-7-13-29-25(31)20-8-6-11-23(34-19(3)30)24(20)26(29)32/h4-6,9-11,18,23,31-32H,7-8,12-17H2,1-3H3. The van der Waals surface area contributed by atoms with Crippen LogP contribution >= 0.6 is 0 Å². The first-order valence-electron chi connectivity index (χ1n) is 12.0. The SMILES string of the molecule is CC(=O)OC1C=CCc2c1c(O)n(CCCN1CCN(c3ccccc3OC(C)C)CC1)c2O.